The van der Waals surface area contributed by atoms with Crippen LogP contribution in [0.3, 0.4) is 0 Å². The summed E-state index contributed by atoms with van der Waals surface area (Å²) in [4.78, 5) is 35.9. The number of halogens is 1. The van der Waals surface area contributed by atoms with Gasteiger partial charge in [0.1, 0.15) is 0 Å². The molecule has 2 N–H and O–H groups in total. The highest BCUT2D eigenvalue weighted by atomic mass is 35.5. The molecule has 0 aliphatic heterocycles. The van der Waals surface area contributed by atoms with Gasteiger partial charge in [0.2, 0.25) is 0 Å². The van der Waals surface area contributed by atoms with Crippen molar-refractivity contribution in [3.05, 3.63) is 65.2 Å². The Morgan fingerprint density at radius 1 is 1.00 bits per heavy atom. The van der Waals surface area contributed by atoms with E-state index >= 15 is 0 Å². The Bertz CT molecular complexity index is 769. The number of urea groups is 1. The maximum atomic E-state index is 11.7. The van der Waals surface area contributed by atoms with Gasteiger partial charge < -0.3 is 10.1 Å². The van der Waals surface area contributed by atoms with Gasteiger partial charge in [0.25, 0.3) is 5.91 Å². The summed E-state index contributed by atoms with van der Waals surface area (Å²) in [6, 6.07) is 15.9. The fraction of sp³-hybridized carbons (Fsp3) is 0.211. The summed E-state index contributed by atoms with van der Waals surface area (Å²) in [5.74, 6) is -0.671. The van der Waals surface area contributed by atoms with Crippen molar-refractivity contribution in [2.24, 2.45) is 0 Å². The average molecular weight is 407 g/mol. The summed E-state index contributed by atoms with van der Waals surface area (Å²) in [6.07, 6.45) is 0.154. The lowest BCUT2D eigenvalue weighted by Crippen LogP contribution is -2.41. The van der Waals surface area contributed by atoms with Crippen molar-refractivity contribution in [3.63, 3.8) is 0 Å². The zero-order valence-corrected chi connectivity index (χ0v) is 16.0. The van der Waals surface area contributed by atoms with Crippen LogP contribution >= 0.6 is 23.4 Å². The molecular weight excluding hydrogens is 388 g/mol. The van der Waals surface area contributed by atoms with Gasteiger partial charge in [0, 0.05) is 22.2 Å². The molecule has 0 saturated heterocycles. The number of hydrogen-bond acceptors (Lipinski definition) is 5. The van der Waals surface area contributed by atoms with E-state index in [1.165, 1.54) is 11.8 Å². The molecule has 0 saturated carbocycles. The average Bonchev–Trinajstić information content (AvgIpc) is 2.67. The Kier molecular flexibility index (Phi) is 8.67. The van der Waals surface area contributed by atoms with Crippen LogP contribution in [0.25, 0.3) is 0 Å². The number of esters is 1. The lowest BCUT2D eigenvalue weighted by molar-refractivity contribution is -0.147. The highest BCUT2D eigenvalue weighted by Gasteiger charge is 2.11. The highest BCUT2D eigenvalue weighted by Crippen LogP contribution is 2.20. The number of benzene rings is 2. The van der Waals surface area contributed by atoms with Crippen LogP contribution in [0.5, 0.6) is 0 Å². The van der Waals surface area contributed by atoms with Crippen LogP contribution in [-0.4, -0.2) is 30.3 Å². The molecule has 0 aliphatic rings. The third kappa shape index (κ3) is 8.61. The van der Waals surface area contributed by atoms with Crippen LogP contribution in [0.1, 0.15) is 12.0 Å². The lowest BCUT2D eigenvalue weighted by atomic mass is 10.2. The molecule has 0 spiro atoms. The van der Waals surface area contributed by atoms with Gasteiger partial charge in [-0.3, -0.25) is 14.9 Å². The summed E-state index contributed by atoms with van der Waals surface area (Å²) in [5.41, 5.74) is 0.907. The number of amides is 3. The summed E-state index contributed by atoms with van der Waals surface area (Å²) in [6.45, 7) is -0.204. The first-order chi connectivity index (χ1) is 13.0. The van der Waals surface area contributed by atoms with Crippen LogP contribution in [0, 0.1) is 0 Å². The molecular formula is C19H19ClN2O4S. The second kappa shape index (κ2) is 11.3. The molecule has 0 bridgehead atoms. The van der Waals surface area contributed by atoms with Gasteiger partial charge in [0.05, 0.1) is 6.42 Å². The van der Waals surface area contributed by atoms with E-state index in [0.29, 0.717) is 17.3 Å². The van der Waals surface area contributed by atoms with Crippen LogP contribution < -0.4 is 10.6 Å². The van der Waals surface area contributed by atoms with Gasteiger partial charge in [0.15, 0.2) is 6.61 Å². The van der Waals surface area contributed by atoms with E-state index in [9.17, 15) is 14.4 Å². The van der Waals surface area contributed by atoms with E-state index in [2.05, 4.69) is 10.6 Å². The predicted octanol–water partition coefficient (Wildman–Crippen LogP) is 3.39. The minimum absolute atomic E-state index is 0.154. The molecule has 27 heavy (non-hydrogen) atoms. The first-order valence-electron chi connectivity index (χ1n) is 8.18. The largest absolute Gasteiger partial charge is 0.456 e. The van der Waals surface area contributed by atoms with Crippen molar-refractivity contribution in [3.8, 4) is 0 Å². The van der Waals surface area contributed by atoms with Crippen LogP contribution in [0.2, 0.25) is 5.02 Å². The molecule has 0 unspecified atom stereocenters. The van der Waals surface area contributed by atoms with Crippen LogP contribution in [0.15, 0.2) is 59.5 Å². The molecule has 3 amide bonds. The maximum absolute atomic E-state index is 11.7. The van der Waals surface area contributed by atoms with Crippen molar-refractivity contribution in [1.82, 2.24) is 10.6 Å². The SMILES string of the molecule is O=C(COC(=O)CCSc1ccc(Cl)cc1)NC(=O)NCc1ccccc1. The third-order valence-electron chi connectivity index (χ3n) is 3.30. The van der Waals surface area contributed by atoms with Gasteiger partial charge in [-0.15, -0.1) is 11.8 Å². The van der Waals surface area contributed by atoms with Gasteiger partial charge >= 0.3 is 12.0 Å². The Morgan fingerprint density at radius 3 is 2.41 bits per heavy atom. The van der Waals surface area contributed by atoms with Crippen molar-refractivity contribution in [2.75, 3.05) is 12.4 Å². The molecule has 0 fully saturated rings. The van der Waals surface area contributed by atoms with Crippen molar-refractivity contribution in [1.29, 1.82) is 0 Å². The number of rotatable bonds is 8. The molecule has 142 valence electrons. The minimum atomic E-state index is -0.681. The van der Waals surface area contributed by atoms with Gasteiger partial charge in [-0.25, -0.2) is 4.79 Å². The van der Waals surface area contributed by atoms with E-state index in [-0.39, 0.29) is 6.42 Å². The summed E-state index contributed by atoms with van der Waals surface area (Å²) < 4.78 is 4.86. The Labute approximate surface area is 166 Å². The number of imide groups is 1. The number of ether oxygens (including phenoxy) is 1. The third-order valence-corrected chi connectivity index (χ3v) is 4.57. The number of nitrogens with one attached hydrogen (secondary N) is 2. The molecule has 2 aromatic rings. The van der Waals surface area contributed by atoms with Crippen molar-refractivity contribution < 1.29 is 19.1 Å². The molecule has 6 nitrogen and oxygen atoms in total. The Morgan fingerprint density at radius 2 is 1.70 bits per heavy atom. The number of carbonyl (C=O) groups excluding carboxylic acids is 3. The van der Waals surface area contributed by atoms with E-state index in [1.807, 2.05) is 42.5 Å². The fourth-order valence-electron chi connectivity index (χ4n) is 1.99. The molecule has 0 atom stereocenters. The second-order valence-electron chi connectivity index (χ2n) is 5.43. The molecule has 8 heteroatoms. The van der Waals surface area contributed by atoms with E-state index in [1.54, 1.807) is 12.1 Å². The van der Waals surface area contributed by atoms with Crippen molar-refractivity contribution >= 4 is 41.3 Å². The van der Waals surface area contributed by atoms with Gasteiger partial charge in [-0.05, 0) is 29.8 Å². The summed E-state index contributed by atoms with van der Waals surface area (Å²) >= 11 is 7.29. The van der Waals surface area contributed by atoms with Gasteiger partial charge in [-0.2, -0.15) is 0 Å². The molecule has 0 aromatic heterocycles. The zero-order valence-electron chi connectivity index (χ0n) is 14.4. The number of carbonyl (C=O) groups is 3. The first kappa shape index (κ1) is 20.8. The molecule has 0 aliphatic carbocycles. The first-order valence-corrected chi connectivity index (χ1v) is 9.55. The second-order valence-corrected chi connectivity index (χ2v) is 7.03. The Hall–Kier alpha value is -2.51. The van der Waals surface area contributed by atoms with Crippen LogP contribution in [-0.2, 0) is 20.9 Å². The molecule has 0 radical (unpaired) electrons. The lowest BCUT2D eigenvalue weighted by Gasteiger charge is -2.07. The quantitative estimate of drug-likeness (QED) is 0.518. The highest BCUT2D eigenvalue weighted by molar-refractivity contribution is 7.99. The molecule has 0 heterocycles. The summed E-state index contributed by atoms with van der Waals surface area (Å²) in [5, 5.41) is 5.31. The van der Waals surface area contributed by atoms with Crippen molar-refractivity contribution in [2.45, 2.75) is 17.9 Å². The topological polar surface area (TPSA) is 84.5 Å². The predicted molar refractivity (Wildman–Crippen MR) is 105 cm³/mol. The smallest absolute Gasteiger partial charge is 0.321 e. The monoisotopic (exact) mass is 406 g/mol. The normalized spacial score (nSPS) is 10.1. The standard InChI is InChI=1S/C19H19ClN2O4S/c20-15-6-8-16(9-7-15)27-11-10-18(24)26-13-17(23)22-19(25)21-12-14-4-2-1-3-5-14/h1-9H,10-13H2,(H2,21,22,23,25). The van der Waals surface area contributed by atoms with E-state index in [4.69, 9.17) is 16.3 Å². The van der Waals surface area contributed by atoms with Gasteiger partial charge in [-0.1, -0.05) is 41.9 Å². The molecule has 2 aromatic carbocycles. The fourth-order valence-corrected chi connectivity index (χ4v) is 2.95. The minimum Gasteiger partial charge on any atom is -0.456 e. The van der Waals surface area contributed by atoms with E-state index in [0.717, 1.165) is 10.5 Å². The maximum Gasteiger partial charge on any atom is 0.321 e. The zero-order chi connectivity index (χ0) is 19.5. The van der Waals surface area contributed by atoms with E-state index < -0.39 is 24.5 Å². The number of hydrogen-bond donors (Lipinski definition) is 2. The number of thioether (sulfide) groups is 1. The van der Waals surface area contributed by atoms with Crippen LogP contribution in [0.4, 0.5) is 4.79 Å². The summed E-state index contributed by atoms with van der Waals surface area (Å²) in [7, 11) is 0. The molecule has 2 rings (SSSR count). The Balaban J connectivity index is 1.57.